The summed E-state index contributed by atoms with van der Waals surface area (Å²) >= 11 is 0. The summed E-state index contributed by atoms with van der Waals surface area (Å²) in [5.41, 5.74) is 10.5. The zero-order chi connectivity index (χ0) is 22.2. The van der Waals surface area contributed by atoms with Crippen LogP contribution in [0.4, 0.5) is 5.69 Å². The molecule has 0 spiro atoms. The van der Waals surface area contributed by atoms with Crippen molar-refractivity contribution in [1.29, 1.82) is 0 Å². The number of nitrogens with zero attached hydrogens (tertiary/aromatic N) is 2. The number of piperazine rings is 1. The minimum atomic E-state index is -0.307. The van der Waals surface area contributed by atoms with Crippen molar-refractivity contribution in [2.75, 3.05) is 44.2 Å². The third-order valence-corrected chi connectivity index (χ3v) is 6.07. The van der Waals surface area contributed by atoms with Gasteiger partial charge in [0.05, 0.1) is 12.5 Å². The van der Waals surface area contributed by atoms with Gasteiger partial charge in [-0.1, -0.05) is 45.1 Å². The van der Waals surface area contributed by atoms with Gasteiger partial charge in [0.25, 0.3) is 0 Å². The van der Waals surface area contributed by atoms with Gasteiger partial charge in [0.15, 0.2) is 0 Å². The van der Waals surface area contributed by atoms with Crippen LogP contribution in [0, 0.1) is 11.8 Å². The highest BCUT2D eigenvalue weighted by atomic mass is 16.5. The summed E-state index contributed by atoms with van der Waals surface area (Å²) in [5.74, 6) is 0.868. The van der Waals surface area contributed by atoms with E-state index in [1.54, 1.807) is 0 Å². The summed E-state index contributed by atoms with van der Waals surface area (Å²) in [6, 6.07) is 8.50. The third-order valence-electron chi connectivity index (χ3n) is 6.07. The van der Waals surface area contributed by atoms with Crippen molar-refractivity contribution in [2.45, 2.75) is 33.7 Å². The molecule has 0 bridgehead atoms. The fraction of sp³-hybridized carbons (Fsp3) is 0.500. The Hall–Kier alpha value is -2.37. The number of benzene rings is 1. The normalized spacial score (nSPS) is 20.1. The van der Waals surface area contributed by atoms with Crippen LogP contribution in [0.2, 0.25) is 0 Å². The lowest BCUT2D eigenvalue weighted by molar-refractivity contribution is -0.110. The molecule has 1 aromatic carbocycles. The van der Waals surface area contributed by atoms with Crippen molar-refractivity contribution < 1.29 is 9.53 Å². The molecule has 31 heavy (non-hydrogen) atoms. The number of hydrogen-bond acceptors (Lipinski definition) is 5. The van der Waals surface area contributed by atoms with E-state index in [0.717, 1.165) is 62.3 Å². The first-order chi connectivity index (χ1) is 15.0. The largest absolute Gasteiger partial charge is 0.497 e. The minimum absolute atomic E-state index is 0.307. The molecule has 2 N–H and O–H groups in total. The Morgan fingerprint density at radius 2 is 1.97 bits per heavy atom. The van der Waals surface area contributed by atoms with Crippen molar-refractivity contribution in [3.63, 3.8) is 0 Å². The van der Waals surface area contributed by atoms with Gasteiger partial charge in [-0.05, 0) is 47.3 Å². The maximum atomic E-state index is 12.1. The van der Waals surface area contributed by atoms with Gasteiger partial charge in [-0.25, -0.2) is 0 Å². The molecule has 1 aliphatic carbocycles. The van der Waals surface area contributed by atoms with Gasteiger partial charge in [-0.15, -0.1) is 0 Å². The quantitative estimate of drug-likeness (QED) is 0.610. The van der Waals surface area contributed by atoms with Crippen molar-refractivity contribution >= 4 is 12.0 Å². The van der Waals surface area contributed by atoms with Crippen molar-refractivity contribution in [2.24, 2.45) is 17.6 Å². The molecule has 5 heteroatoms. The van der Waals surface area contributed by atoms with Crippen LogP contribution >= 0.6 is 0 Å². The Bertz CT molecular complexity index is 833. The number of aldehydes is 1. The molecule has 1 atom stereocenters. The first-order valence-corrected chi connectivity index (χ1v) is 11.5. The van der Waals surface area contributed by atoms with Gasteiger partial charge in [0.1, 0.15) is 12.0 Å². The topological polar surface area (TPSA) is 58.8 Å². The summed E-state index contributed by atoms with van der Waals surface area (Å²) in [7, 11) is 0. The highest BCUT2D eigenvalue weighted by Gasteiger charge is 2.26. The van der Waals surface area contributed by atoms with E-state index in [4.69, 9.17) is 10.5 Å². The Labute approximate surface area is 187 Å². The number of rotatable bonds is 9. The number of carbonyl (C=O) groups excluding carboxylic acids is 1. The summed E-state index contributed by atoms with van der Waals surface area (Å²) < 4.78 is 6.02. The van der Waals surface area contributed by atoms with Crippen LogP contribution in [-0.4, -0.2) is 50.5 Å². The average molecular weight is 424 g/mol. The summed E-state index contributed by atoms with van der Waals surface area (Å²) in [4.78, 5) is 16.9. The van der Waals surface area contributed by atoms with Crippen LogP contribution in [0.3, 0.4) is 0 Å². The van der Waals surface area contributed by atoms with Crippen LogP contribution in [0.1, 0.15) is 32.8 Å². The molecule has 0 aromatic heterocycles. The van der Waals surface area contributed by atoms with Gasteiger partial charge in [0.2, 0.25) is 0 Å². The molecule has 1 aliphatic heterocycles. The number of carbonyl (C=O) groups is 1. The standard InChI is InChI=1S/C26H37N3O2/c1-4-14-31-26-16-22(20(2)3)8-9-23(25(26)19-30)18-28-10-12-29(13-11-28)24-7-5-6-21(15-24)17-27/h5-9,15-16,19-20,25H,4,10-14,17-18,27H2,1-3H3. The van der Waals surface area contributed by atoms with E-state index in [-0.39, 0.29) is 5.92 Å². The van der Waals surface area contributed by atoms with Crippen molar-refractivity contribution in [3.05, 3.63) is 65.0 Å². The van der Waals surface area contributed by atoms with Crippen LogP contribution in [0.5, 0.6) is 0 Å². The highest BCUT2D eigenvalue weighted by Crippen LogP contribution is 2.29. The number of ether oxygens (including phenoxy) is 1. The predicted octanol–water partition coefficient (Wildman–Crippen LogP) is 3.92. The zero-order valence-corrected chi connectivity index (χ0v) is 19.2. The van der Waals surface area contributed by atoms with Crippen LogP contribution < -0.4 is 10.6 Å². The summed E-state index contributed by atoms with van der Waals surface area (Å²) in [5, 5.41) is 0. The fourth-order valence-electron chi connectivity index (χ4n) is 4.11. The third kappa shape index (κ3) is 6.08. The SMILES string of the molecule is CCCOC1=CC(C(C)C)=CC=C(CN2CCN(c3cccc(CN)c3)CC2)C1C=O. The number of allylic oxidation sites excluding steroid dienone is 5. The van der Waals surface area contributed by atoms with E-state index >= 15 is 0 Å². The Kier molecular flexibility index (Phi) is 8.50. The second-order valence-corrected chi connectivity index (χ2v) is 8.71. The van der Waals surface area contributed by atoms with Crippen LogP contribution in [0.25, 0.3) is 0 Å². The Morgan fingerprint density at radius 3 is 2.61 bits per heavy atom. The monoisotopic (exact) mass is 423 g/mol. The molecule has 168 valence electrons. The van der Waals surface area contributed by atoms with Crippen molar-refractivity contribution in [1.82, 2.24) is 4.90 Å². The molecule has 1 fully saturated rings. The van der Waals surface area contributed by atoms with Gasteiger partial charge >= 0.3 is 0 Å². The van der Waals surface area contributed by atoms with Crippen LogP contribution in [0.15, 0.2) is 59.4 Å². The first kappa shape index (κ1) is 23.3. The molecule has 1 saturated heterocycles. The van der Waals surface area contributed by atoms with Gasteiger partial charge < -0.3 is 20.2 Å². The summed E-state index contributed by atoms with van der Waals surface area (Å²) in [6.45, 7) is 12.3. The zero-order valence-electron chi connectivity index (χ0n) is 19.2. The molecule has 3 rings (SSSR count). The van der Waals surface area contributed by atoms with E-state index in [0.29, 0.717) is 19.1 Å². The van der Waals surface area contributed by atoms with Crippen molar-refractivity contribution in [3.8, 4) is 0 Å². The minimum Gasteiger partial charge on any atom is -0.497 e. The smallest absolute Gasteiger partial charge is 0.134 e. The predicted molar refractivity (Wildman–Crippen MR) is 128 cm³/mol. The molecule has 2 aliphatic rings. The lowest BCUT2D eigenvalue weighted by atomic mass is 9.97. The second-order valence-electron chi connectivity index (χ2n) is 8.71. The second kappa shape index (κ2) is 11.3. The maximum absolute atomic E-state index is 12.1. The lowest BCUT2D eigenvalue weighted by Crippen LogP contribution is -2.47. The van der Waals surface area contributed by atoms with Crippen LogP contribution in [-0.2, 0) is 16.1 Å². The lowest BCUT2D eigenvalue weighted by Gasteiger charge is -2.37. The molecule has 1 aromatic rings. The fourth-order valence-corrected chi connectivity index (χ4v) is 4.11. The maximum Gasteiger partial charge on any atom is 0.134 e. The highest BCUT2D eigenvalue weighted by molar-refractivity contribution is 5.65. The molecular weight excluding hydrogens is 386 g/mol. The Morgan fingerprint density at radius 1 is 1.19 bits per heavy atom. The molecule has 0 radical (unpaired) electrons. The number of anilines is 1. The van der Waals surface area contributed by atoms with Gasteiger partial charge in [-0.2, -0.15) is 0 Å². The van der Waals surface area contributed by atoms with E-state index in [9.17, 15) is 4.79 Å². The van der Waals surface area contributed by atoms with E-state index in [2.05, 4.69) is 73.1 Å². The van der Waals surface area contributed by atoms with E-state index < -0.39 is 0 Å². The number of hydrogen-bond donors (Lipinski definition) is 1. The first-order valence-electron chi connectivity index (χ1n) is 11.5. The van der Waals surface area contributed by atoms with Gasteiger partial charge in [0, 0.05) is 45.0 Å². The molecule has 0 saturated carbocycles. The molecule has 5 nitrogen and oxygen atoms in total. The molecular formula is C26H37N3O2. The molecule has 1 heterocycles. The number of nitrogens with two attached hydrogens (primary N) is 1. The Balaban J connectivity index is 1.69. The molecule has 1 unspecified atom stereocenters. The van der Waals surface area contributed by atoms with E-state index in [1.807, 2.05) is 0 Å². The van der Waals surface area contributed by atoms with Gasteiger partial charge in [-0.3, -0.25) is 4.90 Å². The average Bonchev–Trinajstić information content (AvgIpc) is 2.97. The molecule has 0 amide bonds. The summed E-state index contributed by atoms with van der Waals surface area (Å²) in [6.07, 6.45) is 8.35. The van der Waals surface area contributed by atoms with E-state index in [1.165, 1.54) is 11.3 Å².